The Balaban J connectivity index is 2.28. The van der Waals surface area contributed by atoms with Gasteiger partial charge in [0.05, 0.1) is 23.8 Å². The SMILES string of the molecule is COc1cccc(-n2c(N)nc3ccc(C)cc32)c1. The van der Waals surface area contributed by atoms with E-state index in [0.717, 1.165) is 22.5 Å². The van der Waals surface area contributed by atoms with Crippen molar-refractivity contribution in [3.8, 4) is 11.4 Å². The molecular formula is C15H15N3O. The van der Waals surface area contributed by atoms with Crippen LogP contribution >= 0.6 is 0 Å². The number of rotatable bonds is 2. The first-order chi connectivity index (χ1) is 9.19. The van der Waals surface area contributed by atoms with E-state index in [0.29, 0.717) is 5.95 Å². The summed E-state index contributed by atoms with van der Waals surface area (Å²) in [5, 5.41) is 0. The van der Waals surface area contributed by atoms with Crippen LogP contribution in [0.5, 0.6) is 5.75 Å². The maximum atomic E-state index is 6.04. The molecule has 2 N–H and O–H groups in total. The fourth-order valence-electron chi connectivity index (χ4n) is 2.22. The van der Waals surface area contributed by atoms with Crippen LogP contribution in [0.15, 0.2) is 42.5 Å². The normalized spacial score (nSPS) is 10.8. The summed E-state index contributed by atoms with van der Waals surface area (Å²) in [7, 11) is 1.65. The molecule has 0 aliphatic heterocycles. The maximum Gasteiger partial charge on any atom is 0.205 e. The topological polar surface area (TPSA) is 53.1 Å². The number of anilines is 1. The van der Waals surface area contributed by atoms with Gasteiger partial charge in [-0.15, -0.1) is 0 Å². The van der Waals surface area contributed by atoms with Gasteiger partial charge in [0.15, 0.2) is 0 Å². The van der Waals surface area contributed by atoms with Crippen LogP contribution in [0.3, 0.4) is 0 Å². The third kappa shape index (κ3) is 1.91. The van der Waals surface area contributed by atoms with Crippen LogP contribution in [0.25, 0.3) is 16.7 Å². The zero-order chi connectivity index (χ0) is 13.4. The zero-order valence-electron chi connectivity index (χ0n) is 10.9. The molecule has 3 aromatic rings. The molecular weight excluding hydrogens is 238 g/mol. The largest absolute Gasteiger partial charge is 0.497 e. The predicted molar refractivity (Wildman–Crippen MR) is 76.8 cm³/mol. The van der Waals surface area contributed by atoms with Gasteiger partial charge in [-0.2, -0.15) is 0 Å². The Hall–Kier alpha value is -2.49. The van der Waals surface area contributed by atoms with Crippen LogP contribution in [-0.4, -0.2) is 16.7 Å². The Labute approximate surface area is 111 Å². The molecule has 1 aromatic heterocycles. The summed E-state index contributed by atoms with van der Waals surface area (Å²) in [6.07, 6.45) is 0. The van der Waals surface area contributed by atoms with Crippen molar-refractivity contribution in [1.29, 1.82) is 0 Å². The highest BCUT2D eigenvalue weighted by atomic mass is 16.5. The molecule has 0 amide bonds. The van der Waals surface area contributed by atoms with E-state index in [9.17, 15) is 0 Å². The number of benzene rings is 2. The average molecular weight is 253 g/mol. The molecule has 0 bridgehead atoms. The van der Waals surface area contributed by atoms with Crippen molar-refractivity contribution < 1.29 is 4.74 Å². The van der Waals surface area contributed by atoms with E-state index in [1.54, 1.807) is 7.11 Å². The summed E-state index contributed by atoms with van der Waals surface area (Å²) in [6, 6.07) is 13.9. The minimum Gasteiger partial charge on any atom is -0.497 e. The molecule has 0 spiro atoms. The van der Waals surface area contributed by atoms with Gasteiger partial charge < -0.3 is 10.5 Å². The summed E-state index contributed by atoms with van der Waals surface area (Å²) < 4.78 is 7.19. The highest BCUT2D eigenvalue weighted by Crippen LogP contribution is 2.25. The van der Waals surface area contributed by atoms with Gasteiger partial charge in [0.1, 0.15) is 5.75 Å². The third-order valence-electron chi connectivity index (χ3n) is 3.15. The van der Waals surface area contributed by atoms with E-state index in [4.69, 9.17) is 10.5 Å². The van der Waals surface area contributed by atoms with E-state index in [2.05, 4.69) is 18.0 Å². The van der Waals surface area contributed by atoms with E-state index >= 15 is 0 Å². The number of nitrogen functional groups attached to an aromatic ring is 1. The molecule has 4 heteroatoms. The number of nitrogens with zero attached hydrogens (tertiary/aromatic N) is 2. The molecule has 0 aliphatic carbocycles. The van der Waals surface area contributed by atoms with Gasteiger partial charge in [0.25, 0.3) is 0 Å². The van der Waals surface area contributed by atoms with Crippen molar-refractivity contribution in [2.24, 2.45) is 0 Å². The lowest BCUT2D eigenvalue weighted by Crippen LogP contribution is -2.00. The predicted octanol–water partition coefficient (Wildman–Crippen LogP) is 2.92. The van der Waals surface area contributed by atoms with E-state index < -0.39 is 0 Å². The molecule has 0 unspecified atom stereocenters. The second kappa shape index (κ2) is 4.31. The summed E-state index contributed by atoms with van der Waals surface area (Å²) in [5.41, 5.74) is 10.1. The fraction of sp³-hybridized carbons (Fsp3) is 0.133. The van der Waals surface area contributed by atoms with Crippen molar-refractivity contribution in [2.75, 3.05) is 12.8 Å². The first-order valence-corrected chi connectivity index (χ1v) is 6.08. The van der Waals surface area contributed by atoms with Gasteiger partial charge in [-0.3, -0.25) is 4.57 Å². The van der Waals surface area contributed by atoms with Gasteiger partial charge in [0.2, 0.25) is 5.95 Å². The van der Waals surface area contributed by atoms with Crippen LogP contribution < -0.4 is 10.5 Å². The number of aryl methyl sites for hydroxylation is 1. The monoisotopic (exact) mass is 253 g/mol. The quantitative estimate of drug-likeness (QED) is 0.764. The minimum absolute atomic E-state index is 0.480. The van der Waals surface area contributed by atoms with Crippen molar-refractivity contribution in [3.05, 3.63) is 48.0 Å². The molecule has 0 fully saturated rings. The van der Waals surface area contributed by atoms with Crippen molar-refractivity contribution in [1.82, 2.24) is 9.55 Å². The van der Waals surface area contributed by atoms with Crippen molar-refractivity contribution >= 4 is 17.0 Å². The number of fused-ring (bicyclic) bond motifs is 1. The molecule has 19 heavy (non-hydrogen) atoms. The second-order valence-electron chi connectivity index (χ2n) is 4.50. The van der Waals surface area contributed by atoms with Crippen LogP contribution in [0, 0.1) is 6.92 Å². The number of methoxy groups -OCH3 is 1. The number of imidazole rings is 1. The lowest BCUT2D eigenvalue weighted by atomic mass is 10.2. The standard InChI is InChI=1S/C15H15N3O/c1-10-6-7-13-14(8-10)18(15(16)17-13)11-4-3-5-12(9-11)19-2/h3-9H,1-2H3,(H2,16,17). The average Bonchev–Trinajstić information content (AvgIpc) is 2.74. The molecule has 3 rings (SSSR count). The Morgan fingerprint density at radius 1 is 1.16 bits per heavy atom. The second-order valence-corrected chi connectivity index (χ2v) is 4.50. The highest BCUT2D eigenvalue weighted by Gasteiger charge is 2.10. The lowest BCUT2D eigenvalue weighted by molar-refractivity contribution is 0.414. The molecule has 1 heterocycles. The van der Waals surface area contributed by atoms with Gasteiger partial charge in [0, 0.05) is 6.07 Å². The molecule has 0 aliphatic rings. The molecule has 0 atom stereocenters. The number of aromatic nitrogens is 2. The first-order valence-electron chi connectivity index (χ1n) is 6.08. The van der Waals surface area contributed by atoms with Crippen molar-refractivity contribution in [3.63, 3.8) is 0 Å². The molecule has 0 saturated heterocycles. The van der Waals surface area contributed by atoms with E-state index in [-0.39, 0.29) is 0 Å². The Morgan fingerprint density at radius 2 is 2.00 bits per heavy atom. The number of ether oxygens (including phenoxy) is 1. The third-order valence-corrected chi connectivity index (χ3v) is 3.15. The first kappa shape index (κ1) is 11.6. The molecule has 0 saturated carbocycles. The summed E-state index contributed by atoms with van der Waals surface area (Å²) >= 11 is 0. The Kier molecular flexibility index (Phi) is 2.63. The lowest BCUT2D eigenvalue weighted by Gasteiger charge is -2.08. The Morgan fingerprint density at radius 3 is 2.79 bits per heavy atom. The Bertz CT molecular complexity index is 746. The highest BCUT2D eigenvalue weighted by molar-refractivity contribution is 5.81. The smallest absolute Gasteiger partial charge is 0.205 e. The minimum atomic E-state index is 0.480. The van der Waals surface area contributed by atoms with Crippen LogP contribution in [0.2, 0.25) is 0 Å². The number of hydrogen-bond donors (Lipinski definition) is 1. The molecule has 2 aromatic carbocycles. The maximum absolute atomic E-state index is 6.04. The molecule has 96 valence electrons. The van der Waals surface area contributed by atoms with Crippen molar-refractivity contribution in [2.45, 2.75) is 6.92 Å². The van der Waals surface area contributed by atoms with Crippen LogP contribution in [-0.2, 0) is 0 Å². The van der Waals surface area contributed by atoms with E-state index in [1.165, 1.54) is 5.56 Å². The molecule has 0 radical (unpaired) electrons. The van der Waals surface area contributed by atoms with Gasteiger partial charge >= 0.3 is 0 Å². The van der Waals surface area contributed by atoms with Gasteiger partial charge in [-0.25, -0.2) is 4.98 Å². The number of nitrogens with two attached hydrogens (primary N) is 1. The fourth-order valence-corrected chi connectivity index (χ4v) is 2.22. The van der Waals surface area contributed by atoms with Gasteiger partial charge in [-0.1, -0.05) is 12.1 Å². The summed E-state index contributed by atoms with van der Waals surface area (Å²) in [4.78, 5) is 4.39. The summed E-state index contributed by atoms with van der Waals surface area (Å²) in [6.45, 7) is 2.05. The van der Waals surface area contributed by atoms with Crippen LogP contribution in [0.4, 0.5) is 5.95 Å². The van der Waals surface area contributed by atoms with Gasteiger partial charge in [-0.05, 0) is 36.8 Å². The van der Waals surface area contributed by atoms with Crippen LogP contribution in [0.1, 0.15) is 5.56 Å². The molecule has 4 nitrogen and oxygen atoms in total. The number of hydrogen-bond acceptors (Lipinski definition) is 3. The summed E-state index contributed by atoms with van der Waals surface area (Å²) in [5.74, 6) is 1.28. The van der Waals surface area contributed by atoms with E-state index in [1.807, 2.05) is 41.0 Å². The zero-order valence-corrected chi connectivity index (χ0v) is 10.9.